The van der Waals surface area contributed by atoms with E-state index in [1.54, 1.807) is 37.4 Å². The number of hydrogen-bond acceptors (Lipinski definition) is 5. The second kappa shape index (κ2) is 7.98. The number of amides is 1. The molecule has 1 aliphatic heterocycles. The van der Waals surface area contributed by atoms with E-state index in [1.807, 2.05) is 0 Å². The summed E-state index contributed by atoms with van der Waals surface area (Å²) in [7, 11) is 3.35. The quantitative estimate of drug-likeness (QED) is 0.834. The van der Waals surface area contributed by atoms with Crippen molar-refractivity contribution in [1.82, 2.24) is 9.88 Å². The summed E-state index contributed by atoms with van der Waals surface area (Å²) in [5.74, 6) is 0.435. The Labute approximate surface area is 148 Å². The number of carbonyl (C=O) groups excluding carboxylic acids is 1. The zero-order chi connectivity index (χ0) is 17.6. The normalized spacial score (nSPS) is 14.2. The monoisotopic (exact) mass is 341 g/mol. The molecule has 1 amide bonds. The van der Waals surface area contributed by atoms with Gasteiger partial charge in [0.1, 0.15) is 0 Å². The number of ether oxygens (including phenoxy) is 2. The highest BCUT2D eigenvalue weighted by molar-refractivity contribution is 5.93. The Hall–Kier alpha value is -2.60. The van der Waals surface area contributed by atoms with Crippen LogP contribution < -0.4 is 9.64 Å². The number of anilines is 1. The molecule has 0 saturated carbocycles. The standard InChI is InChI=1S/C19H23N3O3/c1-21(19(23)16-5-8-18(24-2)20-13-16)14-15-3-6-17(7-4-15)22-9-11-25-12-10-22/h3-8,13H,9-12,14H2,1-2H3. The lowest BCUT2D eigenvalue weighted by Crippen LogP contribution is -2.36. The van der Waals surface area contributed by atoms with Gasteiger partial charge in [0.2, 0.25) is 5.88 Å². The van der Waals surface area contributed by atoms with E-state index in [-0.39, 0.29) is 5.91 Å². The van der Waals surface area contributed by atoms with Crippen LogP contribution in [0.1, 0.15) is 15.9 Å². The maximum atomic E-state index is 12.5. The molecular weight excluding hydrogens is 318 g/mol. The van der Waals surface area contributed by atoms with E-state index in [0.29, 0.717) is 18.0 Å². The first-order valence-corrected chi connectivity index (χ1v) is 8.34. The largest absolute Gasteiger partial charge is 0.481 e. The fraction of sp³-hybridized carbons (Fsp3) is 0.368. The Morgan fingerprint density at radius 3 is 2.52 bits per heavy atom. The topological polar surface area (TPSA) is 54.9 Å². The van der Waals surface area contributed by atoms with Gasteiger partial charge in [-0.05, 0) is 23.8 Å². The van der Waals surface area contributed by atoms with E-state index >= 15 is 0 Å². The highest BCUT2D eigenvalue weighted by Gasteiger charge is 2.14. The average molecular weight is 341 g/mol. The van der Waals surface area contributed by atoms with E-state index in [9.17, 15) is 4.79 Å². The van der Waals surface area contributed by atoms with Crippen LogP contribution in [0.15, 0.2) is 42.6 Å². The van der Waals surface area contributed by atoms with Crippen molar-refractivity contribution in [3.05, 3.63) is 53.7 Å². The van der Waals surface area contributed by atoms with Crippen molar-refractivity contribution in [1.29, 1.82) is 0 Å². The van der Waals surface area contributed by atoms with Crippen molar-refractivity contribution in [3.63, 3.8) is 0 Å². The summed E-state index contributed by atoms with van der Waals surface area (Å²) in [6.45, 7) is 3.93. The number of aromatic nitrogens is 1. The lowest BCUT2D eigenvalue weighted by molar-refractivity contribution is 0.0784. The summed E-state index contributed by atoms with van der Waals surface area (Å²) in [5.41, 5.74) is 2.84. The van der Waals surface area contributed by atoms with Gasteiger partial charge < -0.3 is 19.3 Å². The number of methoxy groups -OCH3 is 1. The van der Waals surface area contributed by atoms with Crippen LogP contribution in [-0.4, -0.2) is 56.3 Å². The highest BCUT2D eigenvalue weighted by Crippen LogP contribution is 2.18. The lowest BCUT2D eigenvalue weighted by Gasteiger charge is -2.29. The van der Waals surface area contributed by atoms with E-state index in [1.165, 1.54) is 5.69 Å². The van der Waals surface area contributed by atoms with E-state index in [0.717, 1.165) is 31.9 Å². The van der Waals surface area contributed by atoms with Crippen molar-refractivity contribution in [3.8, 4) is 5.88 Å². The van der Waals surface area contributed by atoms with Gasteiger partial charge in [0.05, 0.1) is 25.9 Å². The summed E-state index contributed by atoms with van der Waals surface area (Å²) >= 11 is 0. The highest BCUT2D eigenvalue weighted by atomic mass is 16.5. The average Bonchev–Trinajstić information content (AvgIpc) is 2.68. The zero-order valence-electron chi connectivity index (χ0n) is 14.6. The molecule has 0 bridgehead atoms. The van der Waals surface area contributed by atoms with Crippen molar-refractivity contribution in [2.75, 3.05) is 45.4 Å². The number of benzene rings is 1. The molecule has 1 saturated heterocycles. The fourth-order valence-electron chi connectivity index (χ4n) is 2.83. The molecular formula is C19H23N3O3. The van der Waals surface area contributed by atoms with Gasteiger partial charge in [-0.2, -0.15) is 0 Å². The third-order valence-electron chi connectivity index (χ3n) is 4.27. The first kappa shape index (κ1) is 17.2. The minimum atomic E-state index is -0.0626. The number of carbonyl (C=O) groups is 1. The molecule has 132 valence electrons. The van der Waals surface area contributed by atoms with Gasteiger partial charge in [-0.15, -0.1) is 0 Å². The molecule has 2 aromatic rings. The molecule has 1 aromatic carbocycles. The first-order chi connectivity index (χ1) is 12.2. The van der Waals surface area contributed by atoms with Crippen LogP contribution in [0, 0.1) is 0 Å². The summed E-state index contributed by atoms with van der Waals surface area (Å²) in [6.07, 6.45) is 1.54. The molecule has 1 aromatic heterocycles. The smallest absolute Gasteiger partial charge is 0.255 e. The van der Waals surface area contributed by atoms with Gasteiger partial charge in [0.15, 0.2) is 0 Å². The van der Waals surface area contributed by atoms with Crippen LogP contribution in [0.3, 0.4) is 0 Å². The van der Waals surface area contributed by atoms with Crippen LogP contribution >= 0.6 is 0 Å². The molecule has 6 nitrogen and oxygen atoms in total. The summed E-state index contributed by atoms with van der Waals surface area (Å²) in [6, 6.07) is 11.8. The Bertz CT molecular complexity index is 695. The number of nitrogens with zero attached hydrogens (tertiary/aromatic N) is 3. The maximum absolute atomic E-state index is 12.5. The van der Waals surface area contributed by atoms with Gasteiger partial charge in [-0.25, -0.2) is 4.98 Å². The van der Waals surface area contributed by atoms with Crippen LogP contribution in [0.4, 0.5) is 5.69 Å². The third-order valence-corrected chi connectivity index (χ3v) is 4.27. The summed E-state index contributed by atoms with van der Waals surface area (Å²) in [5, 5.41) is 0. The zero-order valence-corrected chi connectivity index (χ0v) is 14.6. The second-order valence-electron chi connectivity index (χ2n) is 6.02. The minimum Gasteiger partial charge on any atom is -0.481 e. The fourth-order valence-corrected chi connectivity index (χ4v) is 2.83. The molecule has 0 atom stereocenters. The molecule has 0 N–H and O–H groups in total. The molecule has 3 rings (SSSR count). The van der Waals surface area contributed by atoms with Gasteiger partial charge in [-0.3, -0.25) is 4.79 Å². The number of rotatable bonds is 5. The minimum absolute atomic E-state index is 0.0626. The van der Waals surface area contributed by atoms with Gasteiger partial charge >= 0.3 is 0 Å². The molecule has 0 unspecified atom stereocenters. The lowest BCUT2D eigenvalue weighted by atomic mass is 10.1. The number of pyridine rings is 1. The van der Waals surface area contributed by atoms with Gasteiger partial charge in [0, 0.05) is 44.6 Å². The van der Waals surface area contributed by atoms with Crippen molar-refractivity contribution < 1.29 is 14.3 Å². The molecule has 0 spiro atoms. The second-order valence-corrected chi connectivity index (χ2v) is 6.02. The Balaban J connectivity index is 1.61. The van der Waals surface area contributed by atoms with E-state index < -0.39 is 0 Å². The van der Waals surface area contributed by atoms with Crippen molar-refractivity contribution >= 4 is 11.6 Å². The molecule has 1 fully saturated rings. The Kier molecular flexibility index (Phi) is 5.50. The van der Waals surface area contributed by atoms with Crippen LogP contribution in [0.2, 0.25) is 0 Å². The predicted octanol–water partition coefficient (Wildman–Crippen LogP) is 2.20. The van der Waals surface area contributed by atoms with E-state index in [4.69, 9.17) is 9.47 Å². The molecule has 25 heavy (non-hydrogen) atoms. The number of hydrogen-bond donors (Lipinski definition) is 0. The molecule has 1 aliphatic rings. The van der Waals surface area contributed by atoms with Gasteiger partial charge in [0.25, 0.3) is 5.91 Å². The first-order valence-electron chi connectivity index (χ1n) is 8.34. The Morgan fingerprint density at radius 2 is 1.92 bits per heavy atom. The Morgan fingerprint density at radius 1 is 1.20 bits per heavy atom. The molecule has 2 heterocycles. The predicted molar refractivity (Wildman–Crippen MR) is 96.1 cm³/mol. The third kappa shape index (κ3) is 4.28. The molecule has 6 heteroatoms. The number of morpholine rings is 1. The summed E-state index contributed by atoms with van der Waals surface area (Å²) in [4.78, 5) is 20.6. The maximum Gasteiger partial charge on any atom is 0.255 e. The molecule has 0 radical (unpaired) electrons. The van der Waals surface area contributed by atoms with Crippen molar-refractivity contribution in [2.45, 2.75) is 6.54 Å². The molecule has 0 aliphatic carbocycles. The van der Waals surface area contributed by atoms with Gasteiger partial charge in [-0.1, -0.05) is 12.1 Å². The van der Waals surface area contributed by atoms with Crippen LogP contribution in [-0.2, 0) is 11.3 Å². The van der Waals surface area contributed by atoms with E-state index in [2.05, 4.69) is 34.1 Å². The SMILES string of the molecule is COc1ccc(C(=O)N(C)Cc2ccc(N3CCOCC3)cc2)cn1. The van der Waals surface area contributed by atoms with Crippen LogP contribution in [0.5, 0.6) is 5.88 Å². The van der Waals surface area contributed by atoms with Crippen molar-refractivity contribution in [2.24, 2.45) is 0 Å². The summed E-state index contributed by atoms with van der Waals surface area (Å²) < 4.78 is 10.4. The van der Waals surface area contributed by atoms with Crippen LogP contribution in [0.25, 0.3) is 0 Å².